The van der Waals surface area contributed by atoms with Crippen LogP contribution >= 0.6 is 0 Å². The molecule has 1 aliphatic rings. The van der Waals surface area contributed by atoms with Crippen molar-refractivity contribution in [3.05, 3.63) is 36.5 Å². The summed E-state index contributed by atoms with van der Waals surface area (Å²) in [5, 5.41) is 6.10. The maximum atomic E-state index is 4.85. The van der Waals surface area contributed by atoms with Crippen LogP contribution in [-0.2, 0) is 6.54 Å². The third-order valence-corrected chi connectivity index (χ3v) is 4.31. The van der Waals surface area contributed by atoms with Crippen molar-refractivity contribution < 1.29 is 0 Å². The van der Waals surface area contributed by atoms with Crippen LogP contribution in [0.5, 0.6) is 0 Å². The monoisotopic (exact) mass is 254 g/mol. The van der Waals surface area contributed by atoms with Crippen molar-refractivity contribution in [2.24, 2.45) is 11.8 Å². The average molecular weight is 254 g/mol. The minimum absolute atomic E-state index is 0.440. The van der Waals surface area contributed by atoms with E-state index in [1.165, 1.54) is 30.2 Å². The molecular formula is C17H22N2. The minimum atomic E-state index is 0.440. The molecule has 1 aromatic heterocycles. The quantitative estimate of drug-likeness (QED) is 0.785. The van der Waals surface area contributed by atoms with E-state index in [0.29, 0.717) is 5.92 Å². The Labute approximate surface area is 115 Å². The van der Waals surface area contributed by atoms with Crippen molar-refractivity contribution in [2.75, 3.05) is 0 Å². The highest BCUT2D eigenvalue weighted by Gasteiger charge is 2.21. The van der Waals surface area contributed by atoms with Gasteiger partial charge in [-0.3, -0.25) is 4.68 Å². The summed E-state index contributed by atoms with van der Waals surface area (Å²) >= 11 is 0. The van der Waals surface area contributed by atoms with Gasteiger partial charge in [-0.1, -0.05) is 45.0 Å². The van der Waals surface area contributed by atoms with Crippen molar-refractivity contribution in [1.82, 2.24) is 9.78 Å². The molecule has 19 heavy (non-hydrogen) atoms. The van der Waals surface area contributed by atoms with E-state index in [-0.39, 0.29) is 0 Å². The highest BCUT2D eigenvalue weighted by molar-refractivity contribution is 5.90. The highest BCUT2D eigenvalue weighted by atomic mass is 15.3. The van der Waals surface area contributed by atoms with Gasteiger partial charge in [0.15, 0.2) is 0 Å². The Hall–Kier alpha value is -1.57. The van der Waals surface area contributed by atoms with Gasteiger partial charge in [0.05, 0.1) is 11.2 Å². The first-order valence-corrected chi connectivity index (χ1v) is 7.31. The molecule has 1 heterocycles. The first kappa shape index (κ1) is 12.5. The highest BCUT2D eigenvalue weighted by Crippen LogP contribution is 2.32. The van der Waals surface area contributed by atoms with E-state index < -0.39 is 0 Å². The zero-order valence-electron chi connectivity index (χ0n) is 11.9. The molecule has 1 aliphatic carbocycles. The Bertz CT molecular complexity index is 603. The maximum absolute atomic E-state index is 4.85. The van der Waals surface area contributed by atoms with E-state index in [4.69, 9.17) is 5.10 Å². The third-order valence-electron chi connectivity index (χ3n) is 4.31. The lowest BCUT2D eigenvalue weighted by molar-refractivity contribution is 0.270. The standard InChI is InChI=1S/C17H22N2/c1-12(2)13(3)17-15-9-4-5-10-16(15)19(18-17)11-14-7-6-8-14/h4-5,9-10,12,14H,3,6-8,11H2,1-2H3. The van der Waals surface area contributed by atoms with Gasteiger partial charge < -0.3 is 0 Å². The fourth-order valence-corrected chi connectivity index (χ4v) is 2.70. The van der Waals surface area contributed by atoms with Crippen molar-refractivity contribution in [2.45, 2.75) is 39.7 Å². The summed E-state index contributed by atoms with van der Waals surface area (Å²) in [6, 6.07) is 8.54. The van der Waals surface area contributed by atoms with Crippen LogP contribution in [0.4, 0.5) is 0 Å². The van der Waals surface area contributed by atoms with Crippen LogP contribution in [0.3, 0.4) is 0 Å². The lowest BCUT2D eigenvalue weighted by Crippen LogP contribution is -2.18. The van der Waals surface area contributed by atoms with Crippen molar-refractivity contribution in [3.8, 4) is 0 Å². The molecular weight excluding hydrogens is 232 g/mol. The van der Waals surface area contributed by atoms with Gasteiger partial charge in [-0.15, -0.1) is 0 Å². The molecule has 0 atom stereocenters. The summed E-state index contributed by atoms with van der Waals surface area (Å²) in [6.07, 6.45) is 4.10. The molecule has 0 N–H and O–H groups in total. The van der Waals surface area contributed by atoms with Crippen LogP contribution in [0, 0.1) is 11.8 Å². The summed E-state index contributed by atoms with van der Waals surface area (Å²) in [4.78, 5) is 0. The van der Waals surface area contributed by atoms with Crippen LogP contribution in [0.2, 0.25) is 0 Å². The van der Waals surface area contributed by atoms with E-state index in [9.17, 15) is 0 Å². The van der Waals surface area contributed by atoms with E-state index in [0.717, 1.165) is 23.7 Å². The molecule has 0 aliphatic heterocycles. The van der Waals surface area contributed by atoms with Gasteiger partial charge in [0.1, 0.15) is 0 Å². The van der Waals surface area contributed by atoms with E-state index >= 15 is 0 Å². The Kier molecular flexibility index (Phi) is 3.17. The predicted octanol–water partition coefficient (Wildman–Crippen LogP) is 4.51. The molecule has 0 radical (unpaired) electrons. The van der Waals surface area contributed by atoms with E-state index in [1.54, 1.807) is 0 Å². The van der Waals surface area contributed by atoms with Crippen molar-refractivity contribution in [1.29, 1.82) is 0 Å². The summed E-state index contributed by atoms with van der Waals surface area (Å²) in [6.45, 7) is 9.65. The van der Waals surface area contributed by atoms with Crippen LogP contribution in [0.1, 0.15) is 38.8 Å². The van der Waals surface area contributed by atoms with Crippen LogP contribution in [0.25, 0.3) is 16.5 Å². The molecule has 0 unspecified atom stereocenters. The van der Waals surface area contributed by atoms with Gasteiger partial charge in [-0.05, 0) is 36.3 Å². The number of para-hydroxylation sites is 1. The van der Waals surface area contributed by atoms with E-state index in [1.807, 2.05) is 0 Å². The number of nitrogens with zero attached hydrogens (tertiary/aromatic N) is 2. The van der Waals surface area contributed by atoms with E-state index in [2.05, 4.69) is 49.4 Å². The largest absolute Gasteiger partial charge is 0.264 e. The predicted molar refractivity (Wildman–Crippen MR) is 80.9 cm³/mol. The lowest BCUT2D eigenvalue weighted by atomic mass is 9.85. The second kappa shape index (κ2) is 4.84. The minimum Gasteiger partial charge on any atom is -0.264 e. The fourth-order valence-electron chi connectivity index (χ4n) is 2.70. The molecule has 0 amide bonds. The van der Waals surface area contributed by atoms with Crippen molar-refractivity contribution in [3.63, 3.8) is 0 Å². The first-order valence-electron chi connectivity index (χ1n) is 7.31. The normalized spacial score (nSPS) is 15.9. The SMILES string of the molecule is C=C(c1nn(CC2CCC2)c2ccccc12)C(C)C. The third kappa shape index (κ3) is 2.20. The number of hydrogen-bond acceptors (Lipinski definition) is 1. The van der Waals surface area contributed by atoms with Gasteiger partial charge >= 0.3 is 0 Å². The van der Waals surface area contributed by atoms with Gasteiger partial charge in [0.2, 0.25) is 0 Å². The zero-order chi connectivity index (χ0) is 13.4. The zero-order valence-corrected chi connectivity index (χ0v) is 11.9. The number of aromatic nitrogens is 2. The molecule has 0 bridgehead atoms. The molecule has 0 spiro atoms. The number of fused-ring (bicyclic) bond motifs is 1. The second-order valence-corrected chi connectivity index (χ2v) is 6.02. The topological polar surface area (TPSA) is 17.8 Å². The Morgan fingerprint density at radius 2 is 2.11 bits per heavy atom. The maximum Gasteiger partial charge on any atom is 0.0958 e. The Morgan fingerprint density at radius 1 is 1.37 bits per heavy atom. The number of benzene rings is 1. The second-order valence-electron chi connectivity index (χ2n) is 6.02. The molecule has 0 saturated heterocycles. The van der Waals surface area contributed by atoms with Gasteiger partial charge in [-0.2, -0.15) is 5.10 Å². The molecule has 3 rings (SSSR count). The van der Waals surface area contributed by atoms with Crippen LogP contribution < -0.4 is 0 Å². The smallest absolute Gasteiger partial charge is 0.0958 e. The molecule has 1 aromatic carbocycles. The fraction of sp³-hybridized carbons (Fsp3) is 0.471. The molecule has 100 valence electrons. The molecule has 2 nitrogen and oxygen atoms in total. The molecule has 1 fully saturated rings. The Balaban J connectivity index is 2.04. The summed E-state index contributed by atoms with van der Waals surface area (Å²) in [5.41, 5.74) is 3.49. The number of hydrogen-bond donors (Lipinski definition) is 0. The van der Waals surface area contributed by atoms with Gasteiger partial charge in [0, 0.05) is 11.9 Å². The van der Waals surface area contributed by atoms with Gasteiger partial charge in [0.25, 0.3) is 0 Å². The van der Waals surface area contributed by atoms with Crippen molar-refractivity contribution >= 4 is 16.5 Å². The first-order chi connectivity index (χ1) is 9.16. The summed E-state index contributed by atoms with van der Waals surface area (Å²) in [5.74, 6) is 1.26. The number of rotatable bonds is 4. The lowest BCUT2D eigenvalue weighted by Gasteiger charge is -2.25. The van der Waals surface area contributed by atoms with Crippen LogP contribution in [0.15, 0.2) is 30.8 Å². The molecule has 1 saturated carbocycles. The average Bonchev–Trinajstić information content (AvgIpc) is 2.72. The van der Waals surface area contributed by atoms with Crippen LogP contribution in [-0.4, -0.2) is 9.78 Å². The van der Waals surface area contributed by atoms with Gasteiger partial charge in [-0.25, -0.2) is 0 Å². The number of allylic oxidation sites excluding steroid dienone is 1. The Morgan fingerprint density at radius 3 is 2.74 bits per heavy atom. The molecule has 2 heteroatoms. The summed E-state index contributed by atoms with van der Waals surface area (Å²) in [7, 11) is 0. The molecule has 2 aromatic rings. The summed E-state index contributed by atoms with van der Waals surface area (Å²) < 4.78 is 2.20.